The molecule has 0 heterocycles. The number of anilines is 1. The number of para-hydroxylation sites is 1. The molecule has 6 nitrogen and oxygen atoms in total. The molecule has 0 saturated carbocycles. The van der Waals surface area contributed by atoms with Gasteiger partial charge >= 0.3 is 5.97 Å². The van der Waals surface area contributed by atoms with Gasteiger partial charge in [-0.1, -0.05) is 6.07 Å². The summed E-state index contributed by atoms with van der Waals surface area (Å²) in [5.41, 5.74) is 6.32. The molecule has 3 N–H and O–H groups in total. The molecule has 0 spiro atoms. The van der Waals surface area contributed by atoms with Gasteiger partial charge in [-0.15, -0.1) is 0 Å². The molecule has 1 aromatic rings. The van der Waals surface area contributed by atoms with E-state index in [0.29, 0.717) is 5.69 Å². The third-order valence-corrected chi connectivity index (χ3v) is 2.40. The van der Waals surface area contributed by atoms with Crippen molar-refractivity contribution >= 4 is 17.6 Å². The highest BCUT2D eigenvalue weighted by Crippen LogP contribution is 2.25. The number of methoxy groups -OCH3 is 2. The van der Waals surface area contributed by atoms with Gasteiger partial charge in [0.05, 0.1) is 25.5 Å². The smallest absolute Gasteiger partial charge is 0.328 e. The summed E-state index contributed by atoms with van der Waals surface area (Å²) in [6, 6.07) is 4.08. The van der Waals surface area contributed by atoms with E-state index in [2.05, 4.69) is 10.1 Å². The number of nitrogens with one attached hydrogen (secondary N) is 1. The van der Waals surface area contributed by atoms with Crippen molar-refractivity contribution in [3.63, 3.8) is 0 Å². The number of rotatable bonds is 4. The minimum absolute atomic E-state index is 0.272. The van der Waals surface area contributed by atoms with E-state index in [-0.39, 0.29) is 11.3 Å². The third-order valence-electron chi connectivity index (χ3n) is 2.40. The summed E-state index contributed by atoms with van der Waals surface area (Å²) in [6.45, 7) is 1.53. The van der Waals surface area contributed by atoms with Crippen molar-refractivity contribution in [1.29, 1.82) is 0 Å². The Balaban J connectivity index is 2.91. The average Bonchev–Trinajstić information content (AvgIpc) is 2.37. The number of nitrogen functional groups attached to an aromatic ring is 1. The molecule has 0 aromatic heterocycles. The summed E-state index contributed by atoms with van der Waals surface area (Å²) in [4.78, 5) is 23.2. The Kier molecular flexibility index (Phi) is 4.53. The number of esters is 1. The summed E-state index contributed by atoms with van der Waals surface area (Å²) in [5, 5.41) is 2.50. The van der Waals surface area contributed by atoms with Gasteiger partial charge in [-0.3, -0.25) is 4.79 Å². The molecule has 0 aliphatic heterocycles. The van der Waals surface area contributed by atoms with Gasteiger partial charge in [0, 0.05) is 0 Å². The lowest BCUT2D eigenvalue weighted by Gasteiger charge is -2.14. The van der Waals surface area contributed by atoms with Crippen LogP contribution in [0.15, 0.2) is 18.2 Å². The first kappa shape index (κ1) is 13.8. The molecule has 98 valence electrons. The summed E-state index contributed by atoms with van der Waals surface area (Å²) < 4.78 is 9.58. The molecule has 18 heavy (non-hydrogen) atoms. The minimum Gasteiger partial charge on any atom is -0.494 e. The molecule has 0 aliphatic carbocycles. The van der Waals surface area contributed by atoms with Gasteiger partial charge in [-0.05, 0) is 19.1 Å². The zero-order valence-electron chi connectivity index (χ0n) is 10.5. The number of nitrogens with two attached hydrogens (primary N) is 1. The predicted molar refractivity (Wildman–Crippen MR) is 66.4 cm³/mol. The van der Waals surface area contributed by atoms with Crippen molar-refractivity contribution in [2.45, 2.75) is 13.0 Å². The Morgan fingerprint density at radius 1 is 1.33 bits per heavy atom. The fraction of sp³-hybridized carbons (Fsp3) is 0.333. The van der Waals surface area contributed by atoms with E-state index in [0.717, 1.165) is 0 Å². The topological polar surface area (TPSA) is 90.7 Å². The second-order valence-electron chi connectivity index (χ2n) is 3.65. The van der Waals surface area contributed by atoms with Crippen molar-refractivity contribution in [2.24, 2.45) is 0 Å². The molecule has 6 heteroatoms. The van der Waals surface area contributed by atoms with Crippen molar-refractivity contribution in [1.82, 2.24) is 5.32 Å². The molecule has 0 fully saturated rings. The monoisotopic (exact) mass is 252 g/mol. The van der Waals surface area contributed by atoms with Crippen molar-refractivity contribution in [2.75, 3.05) is 20.0 Å². The number of carbonyl (C=O) groups excluding carboxylic acids is 2. The van der Waals surface area contributed by atoms with Crippen molar-refractivity contribution in [3.05, 3.63) is 23.8 Å². The van der Waals surface area contributed by atoms with E-state index in [1.165, 1.54) is 21.1 Å². The zero-order chi connectivity index (χ0) is 13.7. The molecule has 1 amide bonds. The molecule has 1 unspecified atom stereocenters. The summed E-state index contributed by atoms with van der Waals surface area (Å²) >= 11 is 0. The van der Waals surface area contributed by atoms with Crippen LogP contribution in [0.25, 0.3) is 0 Å². The normalized spacial score (nSPS) is 11.5. The number of carbonyl (C=O) groups is 2. The fourth-order valence-corrected chi connectivity index (χ4v) is 1.47. The molecule has 1 rings (SSSR count). The molecule has 1 atom stereocenters. The van der Waals surface area contributed by atoms with Crippen molar-refractivity contribution < 1.29 is 19.1 Å². The summed E-state index contributed by atoms with van der Waals surface area (Å²) in [5.74, 6) is -0.685. The first-order chi connectivity index (χ1) is 8.51. The van der Waals surface area contributed by atoms with Crippen molar-refractivity contribution in [3.8, 4) is 5.75 Å². The molecule has 0 radical (unpaired) electrons. The largest absolute Gasteiger partial charge is 0.494 e. The zero-order valence-corrected chi connectivity index (χ0v) is 10.5. The number of ether oxygens (including phenoxy) is 2. The van der Waals surface area contributed by atoms with E-state index in [4.69, 9.17) is 10.5 Å². The quantitative estimate of drug-likeness (QED) is 0.604. The molecule has 0 saturated heterocycles. The lowest BCUT2D eigenvalue weighted by molar-refractivity contribution is -0.142. The van der Waals surface area contributed by atoms with Crippen LogP contribution < -0.4 is 15.8 Å². The highest BCUT2D eigenvalue weighted by molar-refractivity contribution is 6.00. The molecular formula is C12H16N2O4. The van der Waals surface area contributed by atoms with Gasteiger partial charge in [0.25, 0.3) is 5.91 Å². The lowest BCUT2D eigenvalue weighted by Crippen LogP contribution is -2.39. The van der Waals surface area contributed by atoms with Gasteiger partial charge in [0.1, 0.15) is 6.04 Å². The SMILES string of the molecule is COC(=O)C(C)NC(=O)c1cccc(N)c1OC. The van der Waals surface area contributed by atoms with Crippen LogP contribution in [0, 0.1) is 0 Å². The van der Waals surface area contributed by atoms with E-state index >= 15 is 0 Å². The molecular weight excluding hydrogens is 236 g/mol. The maximum absolute atomic E-state index is 12.0. The standard InChI is InChI=1S/C12H16N2O4/c1-7(12(16)18-3)14-11(15)8-5-4-6-9(13)10(8)17-2/h4-7H,13H2,1-3H3,(H,14,15). The Labute approximate surface area is 105 Å². The second kappa shape index (κ2) is 5.90. The van der Waals surface area contributed by atoms with E-state index < -0.39 is 17.9 Å². The van der Waals surface area contributed by atoms with Crippen LogP contribution >= 0.6 is 0 Å². The van der Waals surface area contributed by atoms with Gasteiger partial charge in [0.2, 0.25) is 0 Å². The predicted octanol–water partition coefficient (Wildman–Crippen LogP) is 0.569. The van der Waals surface area contributed by atoms with Gasteiger partial charge in [0.15, 0.2) is 5.75 Å². The van der Waals surface area contributed by atoms with Crippen LogP contribution in [0.2, 0.25) is 0 Å². The van der Waals surface area contributed by atoms with Gasteiger partial charge < -0.3 is 20.5 Å². The van der Waals surface area contributed by atoms with E-state index in [1.54, 1.807) is 18.2 Å². The molecule has 0 aliphatic rings. The van der Waals surface area contributed by atoms with Crippen LogP contribution in [-0.2, 0) is 9.53 Å². The first-order valence-corrected chi connectivity index (χ1v) is 5.32. The van der Waals surface area contributed by atoms with E-state index in [9.17, 15) is 9.59 Å². The Morgan fingerprint density at radius 3 is 2.56 bits per heavy atom. The fourth-order valence-electron chi connectivity index (χ4n) is 1.47. The number of amides is 1. The maximum atomic E-state index is 12.0. The molecule has 1 aromatic carbocycles. The van der Waals surface area contributed by atoms with Crippen LogP contribution in [-0.4, -0.2) is 32.1 Å². The van der Waals surface area contributed by atoms with Crippen LogP contribution in [0.3, 0.4) is 0 Å². The highest BCUT2D eigenvalue weighted by atomic mass is 16.5. The Morgan fingerprint density at radius 2 is 2.00 bits per heavy atom. The van der Waals surface area contributed by atoms with Gasteiger partial charge in [-0.2, -0.15) is 0 Å². The first-order valence-electron chi connectivity index (χ1n) is 5.32. The van der Waals surface area contributed by atoms with E-state index in [1.807, 2.05) is 0 Å². The summed E-state index contributed by atoms with van der Waals surface area (Å²) in [7, 11) is 2.68. The number of hydrogen-bond donors (Lipinski definition) is 2. The lowest BCUT2D eigenvalue weighted by atomic mass is 10.1. The molecule has 0 bridgehead atoms. The van der Waals surface area contributed by atoms with Crippen LogP contribution in [0.4, 0.5) is 5.69 Å². The Hall–Kier alpha value is -2.24. The Bertz CT molecular complexity index is 459. The average molecular weight is 252 g/mol. The van der Waals surface area contributed by atoms with Gasteiger partial charge in [-0.25, -0.2) is 4.79 Å². The third kappa shape index (κ3) is 2.91. The number of benzene rings is 1. The van der Waals surface area contributed by atoms with Crippen LogP contribution in [0.5, 0.6) is 5.75 Å². The second-order valence-corrected chi connectivity index (χ2v) is 3.65. The summed E-state index contributed by atoms with van der Waals surface area (Å²) in [6.07, 6.45) is 0. The maximum Gasteiger partial charge on any atom is 0.328 e. The minimum atomic E-state index is -0.742. The highest BCUT2D eigenvalue weighted by Gasteiger charge is 2.20. The van der Waals surface area contributed by atoms with Crippen LogP contribution in [0.1, 0.15) is 17.3 Å². The number of hydrogen-bond acceptors (Lipinski definition) is 5.